The maximum absolute atomic E-state index is 4.53. The Labute approximate surface area is 128 Å². The Morgan fingerprint density at radius 2 is 1.81 bits per heavy atom. The van der Waals surface area contributed by atoms with E-state index >= 15 is 0 Å². The summed E-state index contributed by atoms with van der Waals surface area (Å²) in [7, 11) is 4.10. The Morgan fingerprint density at radius 1 is 1.10 bits per heavy atom. The molecular formula is C16H19N4S+. The zero-order valence-electron chi connectivity index (χ0n) is 13.0. The van der Waals surface area contributed by atoms with E-state index in [-0.39, 0.29) is 0 Å². The second-order valence-electron chi connectivity index (χ2n) is 5.30. The Morgan fingerprint density at radius 3 is 2.48 bits per heavy atom. The van der Waals surface area contributed by atoms with Crippen LogP contribution in [-0.4, -0.2) is 4.57 Å². The summed E-state index contributed by atoms with van der Waals surface area (Å²) in [5, 5.41) is 11.1. The predicted octanol–water partition coefficient (Wildman–Crippen LogP) is 4.40. The van der Waals surface area contributed by atoms with Gasteiger partial charge in [-0.2, -0.15) is 0 Å². The number of para-hydroxylation sites is 1. The number of thiazole rings is 1. The van der Waals surface area contributed by atoms with Crippen LogP contribution in [0.3, 0.4) is 0 Å². The van der Waals surface area contributed by atoms with E-state index in [9.17, 15) is 0 Å². The predicted molar refractivity (Wildman–Crippen MR) is 86.8 cm³/mol. The van der Waals surface area contributed by atoms with Crippen molar-refractivity contribution in [1.29, 1.82) is 0 Å². The minimum Gasteiger partial charge on any atom is -0.346 e. The first-order valence-corrected chi connectivity index (χ1v) is 7.74. The highest BCUT2D eigenvalue weighted by Crippen LogP contribution is 2.33. The summed E-state index contributed by atoms with van der Waals surface area (Å²) < 4.78 is 4.25. The van der Waals surface area contributed by atoms with E-state index in [1.54, 1.807) is 11.3 Å². The highest BCUT2D eigenvalue weighted by Gasteiger charge is 2.18. The van der Waals surface area contributed by atoms with Crippen LogP contribution in [0.4, 0.5) is 10.8 Å². The largest absolute Gasteiger partial charge is 0.408 e. The van der Waals surface area contributed by atoms with Gasteiger partial charge >= 0.3 is 5.13 Å². The molecule has 2 heterocycles. The number of azo groups is 1. The van der Waals surface area contributed by atoms with Crippen LogP contribution >= 0.6 is 11.3 Å². The first-order valence-electron chi connectivity index (χ1n) is 6.92. The number of hydrogen-bond acceptors (Lipinski definition) is 3. The van der Waals surface area contributed by atoms with E-state index in [4.69, 9.17) is 0 Å². The molecule has 3 rings (SSSR count). The summed E-state index contributed by atoms with van der Waals surface area (Å²) in [6.45, 7) is 6.30. The molecule has 5 heteroatoms. The SMILES string of the molecule is Cc1sc(N=Nc2c(C)n(C)c3ccccc23)[n+](C)c1C. The summed E-state index contributed by atoms with van der Waals surface area (Å²) >= 11 is 1.67. The quantitative estimate of drug-likeness (QED) is 0.496. The van der Waals surface area contributed by atoms with Gasteiger partial charge < -0.3 is 4.57 Å². The van der Waals surface area contributed by atoms with Gasteiger partial charge in [-0.05, 0) is 43.3 Å². The zero-order valence-corrected chi connectivity index (χ0v) is 13.8. The smallest absolute Gasteiger partial charge is 0.346 e. The van der Waals surface area contributed by atoms with Gasteiger partial charge in [0, 0.05) is 18.1 Å². The second kappa shape index (κ2) is 5.07. The third kappa shape index (κ3) is 2.17. The Balaban J connectivity index is 2.11. The number of aromatic nitrogens is 2. The van der Waals surface area contributed by atoms with Gasteiger partial charge in [0.25, 0.3) is 0 Å². The molecule has 0 saturated carbocycles. The number of benzene rings is 1. The lowest BCUT2D eigenvalue weighted by Crippen LogP contribution is -2.28. The highest BCUT2D eigenvalue weighted by molar-refractivity contribution is 7.14. The van der Waals surface area contributed by atoms with Crippen molar-refractivity contribution in [3.8, 4) is 0 Å². The van der Waals surface area contributed by atoms with Crippen LogP contribution < -0.4 is 4.57 Å². The van der Waals surface area contributed by atoms with Crippen molar-refractivity contribution in [2.24, 2.45) is 24.3 Å². The van der Waals surface area contributed by atoms with Crippen LogP contribution in [0.5, 0.6) is 0 Å². The maximum atomic E-state index is 4.53. The molecular weight excluding hydrogens is 280 g/mol. The van der Waals surface area contributed by atoms with E-state index in [0.29, 0.717) is 0 Å². The van der Waals surface area contributed by atoms with E-state index in [1.165, 1.54) is 16.1 Å². The minimum absolute atomic E-state index is 0.928. The van der Waals surface area contributed by atoms with Crippen LogP contribution in [0.2, 0.25) is 0 Å². The van der Waals surface area contributed by atoms with Crippen LogP contribution in [0.1, 0.15) is 16.3 Å². The van der Waals surface area contributed by atoms with Crippen molar-refractivity contribution in [3.63, 3.8) is 0 Å². The highest BCUT2D eigenvalue weighted by atomic mass is 32.1. The van der Waals surface area contributed by atoms with Crippen molar-refractivity contribution < 1.29 is 4.57 Å². The molecule has 0 amide bonds. The monoisotopic (exact) mass is 299 g/mol. The number of aryl methyl sites for hydroxylation is 2. The lowest BCUT2D eigenvalue weighted by molar-refractivity contribution is -0.660. The molecule has 2 aromatic heterocycles. The third-order valence-corrected chi connectivity index (χ3v) is 5.29. The van der Waals surface area contributed by atoms with Crippen molar-refractivity contribution in [3.05, 3.63) is 40.5 Å². The Hall–Kier alpha value is -2.01. The maximum Gasteiger partial charge on any atom is 0.408 e. The molecule has 0 saturated heterocycles. The van der Waals surface area contributed by atoms with Crippen molar-refractivity contribution >= 4 is 33.1 Å². The number of nitrogens with zero attached hydrogens (tertiary/aromatic N) is 4. The van der Waals surface area contributed by atoms with E-state index in [0.717, 1.165) is 21.9 Å². The molecule has 3 aromatic rings. The van der Waals surface area contributed by atoms with Crippen molar-refractivity contribution in [2.75, 3.05) is 0 Å². The van der Waals surface area contributed by atoms with Gasteiger partial charge in [-0.1, -0.05) is 18.2 Å². The molecule has 0 spiro atoms. The number of rotatable bonds is 2. The normalized spacial score (nSPS) is 11.9. The fourth-order valence-corrected chi connectivity index (χ4v) is 3.38. The minimum atomic E-state index is 0.928. The fourth-order valence-electron chi connectivity index (χ4n) is 2.47. The molecule has 0 atom stereocenters. The molecule has 21 heavy (non-hydrogen) atoms. The molecule has 1 aromatic carbocycles. The summed E-state index contributed by atoms with van der Waals surface area (Å²) in [5.74, 6) is 0. The molecule has 0 fully saturated rings. The van der Waals surface area contributed by atoms with Crippen molar-refractivity contribution in [1.82, 2.24) is 4.57 Å². The molecule has 0 bridgehead atoms. The average Bonchev–Trinajstić information content (AvgIpc) is 2.87. The Bertz CT molecular complexity index is 855. The summed E-state index contributed by atoms with van der Waals surface area (Å²) in [4.78, 5) is 1.28. The molecule has 0 N–H and O–H groups in total. The van der Waals surface area contributed by atoms with Crippen molar-refractivity contribution in [2.45, 2.75) is 20.8 Å². The summed E-state index contributed by atoms with van der Waals surface area (Å²) in [5.41, 5.74) is 4.51. The zero-order chi connectivity index (χ0) is 15.1. The van der Waals surface area contributed by atoms with Gasteiger partial charge in [-0.3, -0.25) is 0 Å². The van der Waals surface area contributed by atoms with Crippen LogP contribution in [0, 0.1) is 20.8 Å². The van der Waals surface area contributed by atoms with E-state index in [1.807, 2.05) is 13.1 Å². The molecule has 0 aliphatic carbocycles. The standard InChI is InChI=1S/C16H19N4S/c1-10-12(3)21-16(20(10)5)18-17-15-11(2)19(4)14-9-7-6-8-13(14)15/h6-9H,1-5H3/q+1. The topological polar surface area (TPSA) is 33.5 Å². The molecule has 0 radical (unpaired) electrons. The third-order valence-electron chi connectivity index (χ3n) is 4.15. The summed E-state index contributed by atoms with van der Waals surface area (Å²) in [6, 6.07) is 8.30. The van der Waals surface area contributed by atoms with Gasteiger partial charge in [0.1, 0.15) is 11.4 Å². The summed E-state index contributed by atoms with van der Waals surface area (Å²) in [6.07, 6.45) is 0. The molecule has 4 nitrogen and oxygen atoms in total. The van der Waals surface area contributed by atoms with Gasteiger partial charge in [0.15, 0.2) is 0 Å². The van der Waals surface area contributed by atoms with Gasteiger partial charge in [0.05, 0.1) is 22.6 Å². The van der Waals surface area contributed by atoms with Gasteiger partial charge in [-0.25, -0.2) is 4.57 Å². The number of fused-ring (bicyclic) bond motifs is 1. The Kier molecular flexibility index (Phi) is 3.37. The van der Waals surface area contributed by atoms with Crippen LogP contribution in [-0.2, 0) is 14.1 Å². The van der Waals surface area contributed by atoms with E-state index in [2.05, 4.69) is 65.4 Å². The fraction of sp³-hybridized carbons (Fsp3) is 0.312. The lowest BCUT2D eigenvalue weighted by atomic mass is 10.2. The van der Waals surface area contributed by atoms with Gasteiger partial charge in [0.2, 0.25) is 0 Å². The lowest BCUT2D eigenvalue weighted by Gasteiger charge is -1.96. The first kappa shape index (κ1) is 13.9. The molecule has 108 valence electrons. The molecule has 0 aliphatic rings. The molecule has 0 aliphatic heterocycles. The van der Waals surface area contributed by atoms with Crippen LogP contribution in [0.15, 0.2) is 34.5 Å². The molecule has 0 unspecified atom stereocenters. The van der Waals surface area contributed by atoms with Gasteiger partial charge in [-0.15, -0.1) is 0 Å². The van der Waals surface area contributed by atoms with E-state index < -0.39 is 0 Å². The average molecular weight is 299 g/mol. The second-order valence-corrected chi connectivity index (χ2v) is 6.48. The number of hydrogen-bond donors (Lipinski definition) is 0. The first-order chi connectivity index (χ1) is 10.0. The van der Waals surface area contributed by atoms with Crippen LogP contribution in [0.25, 0.3) is 10.9 Å².